The molecule has 1 saturated heterocycles. The smallest absolute Gasteiger partial charge is 0.238 e. The van der Waals surface area contributed by atoms with Gasteiger partial charge in [-0.1, -0.05) is 5.16 Å². The van der Waals surface area contributed by atoms with Crippen molar-refractivity contribution in [3.05, 3.63) is 53.9 Å². The van der Waals surface area contributed by atoms with E-state index in [0.717, 1.165) is 33.7 Å². The average molecular weight is 419 g/mol. The van der Waals surface area contributed by atoms with Gasteiger partial charge in [0.15, 0.2) is 5.76 Å². The number of carbonyl (C=O) groups excluding carboxylic acids is 1. The van der Waals surface area contributed by atoms with Gasteiger partial charge in [-0.2, -0.15) is 4.98 Å². The van der Waals surface area contributed by atoms with Crippen molar-refractivity contribution in [2.45, 2.75) is 19.3 Å². The van der Waals surface area contributed by atoms with Gasteiger partial charge < -0.3 is 23.3 Å². The number of hydrogen-bond acceptors (Lipinski definition) is 7. The monoisotopic (exact) mass is 419 g/mol. The molecular weight excluding hydrogens is 398 g/mol. The second-order valence-corrected chi connectivity index (χ2v) is 7.48. The molecule has 0 bridgehead atoms. The van der Waals surface area contributed by atoms with Gasteiger partial charge in [0.05, 0.1) is 20.1 Å². The van der Waals surface area contributed by atoms with E-state index in [1.54, 1.807) is 19.1 Å². The molecule has 2 aromatic carbocycles. The molecule has 1 atom stereocenters. The summed E-state index contributed by atoms with van der Waals surface area (Å²) in [6, 6.07) is 13.0. The van der Waals surface area contributed by atoms with Crippen molar-refractivity contribution in [1.82, 2.24) is 10.1 Å². The Morgan fingerprint density at radius 3 is 2.55 bits per heavy atom. The highest BCUT2D eigenvalue weighted by atomic mass is 16.5. The van der Waals surface area contributed by atoms with Crippen LogP contribution in [-0.4, -0.2) is 36.8 Å². The number of nitrogens with zero attached hydrogens (tertiary/aromatic N) is 3. The van der Waals surface area contributed by atoms with Crippen molar-refractivity contribution in [3.8, 4) is 23.1 Å². The Balaban J connectivity index is 1.40. The fraction of sp³-hybridized carbons (Fsp3) is 0.261. The minimum atomic E-state index is -0.180. The SMILES string of the molecule is COc1ccc(N2CC(c3nc(-c4oc5ccc(OC)cc5c4C)no3)CC2=O)cc1. The van der Waals surface area contributed by atoms with Gasteiger partial charge in [-0.05, 0) is 49.4 Å². The van der Waals surface area contributed by atoms with Gasteiger partial charge in [0.1, 0.15) is 17.1 Å². The van der Waals surface area contributed by atoms with Crippen LogP contribution >= 0.6 is 0 Å². The number of aromatic nitrogens is 2. The van der Waals surface area contributed by atoms with Gasteiger partial charge in [-0.25, -0.2) is 0 Å². The van der Waals surface area contributed by atoms with E-state index in [-0.39, 0.29) is 11.8 Å². The van der Waals surface area contributed by atoms with Crippen molar-refractivity contribution in [2.24, 2.45) is 0 Å². The average Bonchev–Trinajstić information content (AvgIpc) is 3.51. The van der Waals surface area contributed by atoms with E-state index in [1.165, 1.54) is 0 Å². The zero-order valence-electron chi connectivity index (χ0n) is 17.4. The predicted octanol–water partition coefficient (Wildman–Crippen LogP) is 4.33. The largest absolute Gasteiger partial charge is 0.497 e. The Morgan fingerprint density at radius 1 is 1.06 bits per heavy atom. The second kappa shape index (κ2) is 7.46. The minimum absolute atomic E-state index is 0.0157. The summed E-state index contributed by atoms with van der Waals surface area (Å²) < 4.78 is 22.0. The number of hydrogen-bond donors (Lipinski definition) is 0. The molecule has 1 unspecified atom stereocenters. The number of anilines is 1. The molecule has 8 nitrogen and oxygen atoms in total. The van der Waals surface area contributed by atoms with Crippen molar-refractivity contribution in [3.63, 3.8) is 0 Å². The number of methoxy groups -OCH3 is 2. The maximum Gasteiger partial charge on any atom is 0.238 e. The molecule has 0 saturated carbocycles. The number of aryl methyl sites for hydroxylation is 1. The molecule has 3 heterocycles. The van der Waals surface area contributed by atoms with Gasteiger partial charge in [0.25, 0.3) is 0 Å². The van der Waals surface area contributed by atoms with E-state index in [0.29, 0.717) is 30.4 Å². The summed E-state index contributed by atoms with van der Waals surface area (Å²) in [7, 11) is 3.24. The highest BCUT2D eigenvalue weighted by Crippen LogP contribution is 2.36. The normalized spacial score (nSPS) is 16.3. The Hall–Kier alpha value is -3.81. The lowest BCUT2D eigenvalue weighted by Crippen LogP contribution is -2.24. The topological polar surface area (TPSA) is 90.8 Å². The first-order chi connectivity index (χ1) is 15.1. The highest BCUT2D eigenvalue weighted by molar-refractivity contribution is 5.96. The molecule has 31 heavy (non-hydrogen) atoms. The van der Waals surface area contributed by atoms with E-state index in [2.05, 4.69) is 10.1 Å². The predicted molar refractivity (Wildman–Crippen MR) is 114 cm³/mol. The van der Waals surface area contributed by atoms with E-state index >= 15 is 0 Å². The lowest BCUT2D eigenvalue weighted by molar-refractivity contribution is -0.117. The molecular formula is C23H21N3O5. The summed E-state index contributed by atoms with van der Waals surface area (Å²) in [5, 5.41) is 5.05. The molecule has 5 rings (SSSR count). The van der Waals surface area contributed by atoms with Crippen LogP contribution in [0.5, 0.6) is 11.5 Å². The van der Waals surface area contributed by atoms with Crippen LogP contribution in [-0.2, 0) is 4.79 Å². The fourth-order valence-corrected chi connectivity index (χ4v) is 3.92. The molecule has 4 aromatic rings. The Bertz CT molecular complexity index is 1260. The summed E-state index contributed by atoms with van der Waals surface area (Å²) in [6.45, 7) is 2.42. The third-order valence-electron chi connectivity index (χ3n) is 5.65. The number of rotatable bonds is 5. The molecule has 1 aliphatic rings. The van der Waals surface area contributed by atoms with Crippen molar-refractivity contribution >= 4 is 22.6 Å². The first-order valence-electron chi connectivity index (χ1n) is 9.93. The van der Waals surface area contributed by atoms with E-state index in [9.17, 15) is 4.79 Å². The molecule has 0 radical (unpaired) electrons. The zero-order valence-corrected chi connectivity index (χ0v) is 17.4. The summed E-state index contributed by atoms with van der Waals surface area (Å²) in [4.78, 5) is 18.9. The van der Waals surface area contributed by atoms with E-state index < -0.39 is 0 Å². The Kier molecular flexibility index (Phi) is 4.62. The molecule has 1 aliphatic heterocycles. The fourth-order valence-electron chi connectivity index (χ4n) is 3.92. The lowest BCUT2D eigenvalue weighted by Gasteiger charge is -2.16. The minimum Gasteiger partial charge on any atom is -0.497 e. The first kappa shape index (κ1) is 19.2. The number of benzene rings is 2. The third-order valence-corrected chi connectivity index (χ3v) is 5.65. The quantitative estimate of drug-likeness (QED) is 0.475. The Morgan fingerprint density at radius 2 is 1.81 bits per heavy atom. The van der Waals surface area contributed by atoms with Gasteiger partial charge in [-0.3, -0.25) is 4.79 Å². The zero-order chi connectivity index (χ0) is 21.5. The molecule has 158 valence electrons. The number of furan rings is 1. The van der Waals surface area contributed by atoms with Gasteiger partial charge in [-0.15, -0.1) is 0 Å². The van der Waals surface area contributed by atoms with Gasteiger partial charge in [0, 0.05) is 29.6 Å². The van der Waals surface area contributed by atoms with Crippen LogP contribution in [0.15, 0.2) is 51.4 Å². The van der Waals surface area contributed by atoms with Crippen LogP contribution in [0.4, 0.5) is 5.69 Å². The standard InChI is InChI=1S/C23H21N3O5/c1-13-18-11-17(29-3)8-9-19(18)30-21(13)22-24-23(31-25-22)14-10-20(27)26(12-14)15-4-6-16(28-2)7-5-15/h4-9,11,14H,10,12H2,1-3H3. The number of carbonyl (C=O) groups is 1. The number of fused-ring (bicyclic) bond motifs is 1. The van der Waals surface area contributed by atoms with Crippen LogP contribution < -0.4 is 14.4 Å². The van der Waals surface area contributed by atoms with Crippen molar-refractivity contribution in [1.29, 1.82) is 0 Å². The molecule has 2 aromatic heterocycles. The summed E-state index contributed by atoms with van der Waals surface area (Å²) >= 11 is 0. The van der Waals surface area contributed by atoms with Crippen molar-refractivity contribution in [2.75, 3.05) is 25.7 Å². The van der Waals surface area contributed by atoms with E-state index in [1.807, 2.05) is 49.4 Å². The van der Waals surface area contributed by atoms with Crippen LogP contribution in [0.1, 0.15) is 23.8 Å². The summed E-state index contributed by atoms with van der Waals surface area (Å²) in [5.74, 6) is 2.68. The van der Waals surface area contributed by atoms with Crippen LogP contribution in [0.3, 0.4) is 0 Å². The number of ether oxygens (including phenoxy) is 2. The molecule has 8 heteroatoms. The third kappa shape index (κ3) is 3.30. The second-order valence-electron chi connectivity index (χ2n) is 7.48. The van der Waals surface area contributed by atoms with Gasteiger partial charge >= 0.3 is 0 Å². The highest BCUT2D eigenvalue weighted by Gasteiger charge is 2.35. The molecule has 0 aliphatic carbocycles. The van der Waals surface area contributed by atoms with Gasteiger partial charge in [0.2, 0.25) is 17.6 Å². The van der Waals surface area contributed by atoms with E-state index in [4.69, 9.17) is 18.4 Å². The maximum absolute atomic E-state index is 12.6. The van der Waals surface area contributed by atoms with Crippen LogP contribution in [0.2, 0.25) is 0 Å². The summed E-state index contributed by atoms with van der Waals surface area (Å²) in [6.07, 6.45) is 0.309. The number of amides is 1. The molecule has 1 amide bonds. The molecule has 0 spiro atoms. The maximum atomic E-state index is 12.6. The molecule has 0 N–H and O–H groups in total. The van der Waals surface area contributed by atoms with Crippen LogP contribution in [0.25, 0.3) is 22.6 Å². The first-order valence-corrected chi connectivity index (χ1v) is 9.93. The van der Waals surface area contributed by atoms with Crippen LogP contribution in [0, 0.1) is 6.92 Å². The molecule has 1 fully saturated rings. The van der Waals surface area contributed by atoms with Crippen molar-refractivity contribution < 1.29 is 23.2 Å². The summed E-state index contributed by atoms with van der Waals surface area (Å²) in [5.41, 5.74) is 2.44. The lowest BCUT2D eigenvalue weighted by atomic mass is 10.1. The Labute approximate surface area is 178 Å².